The van der Waals surface area contributed by atoms with Crippen LogP contribution < -0.4 is 0 Å². The predicted octanol–water partition coefficient (Wildman–Crippen LogP) is 2.00. The highest BCUT2D eigenvalue weighted by atomic mass is 35.5. The number of hydrogen-bond donors (Lipinski definition) is 0. The van der Waals surface area contributed by atoms with Crippen LogP contribution >= 0.6 is 11.6 Å². The number of aryl methyl sites for hydroxylation is 1. The monoisotopic (exact) mass is 261 g/mol. The van der Waals surface area contributed by atoms with E-state index >= 15 is 0 Å². The maximum atomic E-state index is 11.7. The Labute approximate surface area is 103 Å². The van der Waals surface area contributed by atoms with Crippen molar-refractivity contribution in [2.75, 3.05) is 5.88 Å². The van der Waals surface area contributed by atoms with E-state index < -0.39 is 11.0 Å². The molecule has 1 heterocycles. The van der Waals surface area contributed by atoms with E-state index in [9.17, 15) is 4.21 Å². The molecule has 1 aromatic heterocycles. The number of halogens is 1. The standard InChI is InChI=1S/C10H16ClN3OS/c1-10(2,3)16(15)13-8-9-12-5-7-14(9)6-4-11/h5,7-8H,4,6H2,1-3H3. The largest absolute Gasteiger partial charge is 0.329 e. The SMILES string of the molecule is CC(C)(C)S(=O)N=Cc1nccn1CCCl. The van der Waals surface area contributed by atoms with Crippen molar-refractivity contribution < 1.29 is 4.21 Å². The molecule has 0 saturated carbocycles. The number of nitrogens with zero attached hydrogens (tertiary/aromatic N) is 3. The van der Waals surface area contributed by atoms with Crippen LogP contribution in [0.1, 0.15) is 26.6 Å². The van der Waals surface area contributed by atoms with E-state index in [-0.39, 0.29) is 4.75 Å². The van der Waals surface area contributed by atoms with Crippen molar-refractivity contribution in [2.45, 2.75) is 32.1 Å². The van der Waals surface area contributed by atoms with Gasteiger partial charge in [0.15, 0.2) is 5.82 Å². The number of imidazole rings is 1. The Balaban J connectivity index is 2.76. The average Bonchev–Trinajstić information content (AvgIpc) is 2.61. The van der Waals surface area contributed by atoms with Gasteiger partial charge in [0.05, 0.1) is 11.0 Å². The number of rotatable bonds is 4. The van der Waals surface area contributed by atoms with E-state index in [1.54, 1.807) is 6.20 Å². The van der Waals surface area contributed by atoms with Crippen LogP contribution in [0.2, 0.25) is 0 Å². The Bertz CT molecular complexity index is 395. The number of aromatic nitrogens is 2. The Hall–Kier alpha value is -0.680. The zero-order chi connectivity index (χ0) is 12.2. The van der Waals surface area contributed by atoms with Crippen LogP contribution in [0.15, 0.2) is 16.8 Å². The minimum atomic E-state index is -1.25. The summed E-state index contributed by atoms with van der Waals surface area (Å²) in [6.45, 7) is 6.31. The zero-order valence-electron chi connectivity index (χ0n) is 9.68. The third-order valence-electron chi connectivity index (χ3n) is 1.86. The second kappa shape index (κ2) is 5.59. The molecule has 0 aliphatic carbocycles. The van der Waals surface area contributed by atoms with E-state index in [4.69, 9.17) is 11.6 Å². The quantitative estimate of drug-likeness (QED) is 0.615. The molecule has 0 aliphatic rings. The van der Waals surface area contributed by atoms with Crippen molar-refractivity contribution in [1.29, 1.82) is 0 Å². The first-order valence-corrected chi connectivity index (χ1v) is 6.62. The molecule has 0 aromatic carbocycles. The van der Waals surface area contributed by atoms with E-state index in [1.165, 1.54) is 6.21 Å². The van der Waals surface area contributed by atoms with Gasteiger partial charge in [-0.05, 0) is 20.8 Å². The Morgan fingerprint density at radius 1 is 1.62 bits per heavy atom. The first-order chi connectivity index (χ1) is 7.45. The molecule has 0 bridgehead atoms. The summed E-state index contributed by atoms with van der Waals surface area (Å²) in [5.74, 6) is 1.19. The Morgan fingerprint density at radius 2 is 2.31 bits per heavy atom. The normalized spacial score (nSPS) is 14.5. The summed E-state index contributed by atoms with van der Waals surface area (Å²) in [7, 11) is -1.25. The van der Waals surface area contributed by atoms with Gasteiger partial charge in [-0.1, -0.05) is 0 Å². The van der Waals surface area contributed by atoms with Gasteiger partial charge in [0, 0.05) is 24.8 Å². The van der Waals surface area contributed by atoms with E-state index in [1.807, 2.05) is 31.5 Å². The van der Waals surface area contributed by atoms with Crippen molar-refractivity contribution in [3.05, 3.63) is 18.2 Å². The molecule has 90 valence electrons. The van der Waals surface area contributed by atoms with Gasteiger partial charge in [0.1, 0.15) is 11.0 Å². The molecule has 0 radical (unpaired) electrons. The maximum Gasteiger partial charge on any atom is 0.151 e. The molecule has 0 N–H and O–H groups in total. The van der Waals surface area contributed by atoms with E-state index in [2.05, 4.69) is 9.38 Å². The molecule has 16 heavy (non-hydrogen) atoms. The molecule has 1 atom stereocenters. The van der Waals surface area contributed by atoms with Gasteiger partial charge < -0.3 is 4.57 Å². The van der Waals surface area contributed by atoms with Gasteiger partial charge in [-0.25, -0.2) is 9.19 Å². The number of alkyl halides is 1. The van der Waals surface area contributed by atoms with Gasteiger partial charge in [-0.3, -0.25) is 0 Å². The molecule has 1 unspecified atom stereocenters. The fourth-order valence-electron chi connectivity index (χ4n) is 0.981. The summed E-state index contributed by atoms with van der Waals surface area (Å²) < 4.78 is 17.2. The van der Waals surface area contributed by atoms with Crippen LogP contribution in [-0.4, -0.2) is 30.6 Å². The molecule has 1 aromatic rings. The first kappa shape index (κ1) is 13.4. The van der Waals surface area contributed by atoms with Crippen molar-refractivity contribution in [3.63, 3.8) is 0 Å². The minimum Gasteiger partial charge on any atom is -0.329 e. The average molecular weight is 262 g/mol. The van der Waals surface area contributed by atoms with Gasteiger partial charge in [-0.15, -0.1) is 11.6 Å². The smallest absolute Gasteiger partial charge is 0.151 e. The van der Waals surface area contributed by atoms with E-state index in [0.717, 1.165) is 0 Å². The molecular formula is C10H16ClN3OS. The van der Waals surface area contributed by atoms with Gasteiger partial charge in [0.25, 0.3) is 0 Å². The summed E-state index contributed by atoms with van der Waals surface area (Å²) >= 11 is 5.65. The van der Waals surface area contributed by atoms with Gasteiger partial charge in [-0.2, -0.15) is 4.40 Å². The zero-order valence-corrected chi connectivity index (χ0v) is 11.3. The van der Waals surface area contributed by atoms with Gasteiger partial charge >= 0.3 is 0 Å². The van der Waals surface area contributed by atoms with Crippen LogP contribution in [0.5, 0.6) is 0 Å². The third-order valence-corrected chi connectivity index (χ3v) is 3.37. The van der Waals surface area contributed by atoms with Crippen LogP contribution in [0.4, 0.5) is 0 Å². The maximum absolute atomic E-state index is 11.7. The van der Waals surface area contributed by atoms with E-state index in [0.29, 0.717) is 18.2 Å². The van der Waals surface area contributed by atoms with Crippen molar-refractivity contribution in [3.8, 4) is 0 Å². The highest BCUT2D eigenvalue weighted by molar-refractivity contribution is 7.85. The molecule has 0 spiro atoms. The van der Waals surface area contributed by atoms with Crippen LogP contribution in [-0.2, 0) is 17.5 Å². The predicted molar refractivity (Wildman–Crippen MR) is 68.4 cm³/mol. The minimum absolute atomic E-state index is 0.347. The third kappa shape index (κ3) is 3.72. The summed E-state index contributed by atoms with van der Waals surface area (Å²) in [6, 6.07) is 0. The van der Waals surface area contributed by atoms with Crippen LogP contribution in [0.3, 0.4) is 0 Å². The van der Waals surface area contributed by atoms with Crippen molar-refractivity contribution in [2.24, 2.45) is 4.40 Å². The molecule has 1 rings (SSSR count). The fourth-order valence-corrected chi connectivity index (χ4v) is 1.67. The summed E-state index contributed by atoms with van der Waals surface area (Å²) in [4.78, 5) is 4.11. The lowest BCUT2D eigenvalue weighted by Crippen LogP contribution is -2.20. The summed E-state index contributed by atoms with van der Waals surface area (Å²) in [5.41, 5.74) is 0. The fraction of sp³-hybridized carbons (Fsp3) is 0.600. The Kier molecular flexibility index (Phi) is 4.68. The van der Waals surface area contributed by atoms with Crippen LogP contribution in [0.25, 0.3) is 0 Å². The molecular weight excluding hydrogens is 246 g/mol. The lowest BCUT2D eigenvalue weighted by atomic mass is 10.3. The molecule has 6 heteroatoms. The second-order valence-corrected chi connectivity index (χ2v) is 6.58. The van der Waals surface area contributed by atoms with Crippen molar-refractivity contribution >= 4 is 28.8 Å². The Morgan fingerprint density at radius 3 is 2.88 bits per heavy atom. The van der Waals surface area contributed by atoms with Gasteiger partial charge in [0.2, 0.25) is 0 Å². The highest BCUT2D eigenvalue weighted by Gasteiger charge is 2.18. The first-order valence-electron chi connectivity index (χ1n) is 4.98. The summed E-state index contributed by atoms with van der Waals surface area (Å²) in [5, 5.41) is 0. The lowest BCUT2D eigenvalue weighted by molar-refractivity contribution is 0.650. The van der Waals surface area contributed by atoms with Crippen LogP contribution in [0, 0.1) is 0 Å². The molecule has 0 saturated heterocycles. The topological polar surface area (TPSA) is 47.2 Å². The molecule has 0 fully saturated rings. The summed E-state index contributed by atoms with van der Waals surface area (Å²) in [6.07, 6.45) is 5.03. The molecule has 0 aliphatic heterocycles. The molecule has 4 nitrogen and oxygen atoms in total. The number of hydrogen-bond acceptors (Lipinski definition) is 2. The highest BCUT2D eigenvalue weighted by Crippen LogP contribution is 2.11. The second-order valence-electron chi connectivity index (χ2n) is 4.26. The molecule has 0 amide bonds. The van der Waals surface area contributed by atoms with Crippen molar-refractivity contribution in [1.82, 2.24) is 9.55 Å². The lowest BCUT2D eigenvalue weighted by Gasteiger charge is -2.12.